The van der Waals surface area contributed by atoms with E-state index in [0.29, 0.717) is 17.4 Å². The van der Waals surface area contributed by atoms with Gasteiger partial charge in [-0.15, -0.1) is 0 Å². The molecule has 0 aromatic carbocycles. The minimum absolute atomic E-state index is 0.102. The summed E-state index contributed by atoms with van der Waals surface area (Å²) in [5, 5.41) is 12.0. The van der Waals surface area contributed by atoms with Crippen molar-refractivity contribution < 1.29 is 9.90 Å². The number of aromatic nitrogens is 1. The summed E-state index contributed by atoms with van der Waals surface area (Å²) in [5.41, 5.74) is 6.24. The standard InChI is InChI=1S/C12H19N3O2/c1-4-10(7(2)3)15-11-9(13)5-8(6-14-11)12(16)17/h5-7,10H,4,13H2,1-3H3,(H,14,15)(H,16,17). The maximum absolute atomic E-state index is 10.7. The number of aromatic carboxylic acids is 1. The lowest BCUT2D eigenvalue weighted by Gasteiger charge is -2.22. The predicted molar refractivity (Wildman–Crippen MR) is 68.1 cm³/mol. The third-order valence-corrected chi connectivity index (χ3v) is 2.73. The summed E-state index contributed by atoms with van der Waals surface area (Å²) in [6.45, 7) is 6.31. The largest absolute Gasteiger partial charge is 0.478 e. The molecule has 0 aliphatic rings. The molecular weight excluding hydrogens is 218 g/mol. The molecule has 5 heteroatoms. The lowest BCUT2D eigenvalue weighted by molar-refractivity contribution is 0.0696. The average molecular weight is 237 g/mol. The van der Waals surface area contributed by atoms with E-state index in [9.17, 15) is 4.79 Å². The highest BCUT2D eigenvalue weighted by Gasteiger charge is 2.14. The van der Waals surface area contributed by atoms with Gasteiger partial charge in [0.25, 0.3) is 0 Å². The molecule has 94 valence electrons. The number of carboxylic acid groups (broad SMARTS) is 1. The Hall–Kier alpha value is -1.78. The summed E-state index contributed by atoms with van der Waals surface area (Å²) >= 11 is 0. The Morgan fingerprint density at radius 2 is 2.24 bits per heavy atom. The Labute approximate surface area is 101 Å². The topological polar surface area (TPSA) is 88.2 Å². The van der Waals surface area contributed by atoms with E-state index in [1.807, 2.05) is 0 Å². The van der Waals surface area contributed by atoms with Crippen molar-refractivity contribution in [2.75, 3.05) is 11.1 Å². The van der Waals surface area contributed by atoms with Gasteiger partial charge < -0.3 is 16.2 Å². The minimum Gasteiger partial charge on any atom is -0.478 e. The zero-order valence-electron chi connectivity index (χ0n) is 10.4. The first kappa shape index (κ1) is 13.3. The molecule has 0 aliphatic carbocycles. The van der Waals surface area contributed by atoms with Crippen molar-refractivity contribution in [1.29, 1.82) is 0 Å². The van der Waals surface area contributed by atoms with E-state index in [1.54, 1.807) is 0 Å². The quantitative estimate of drug-likeness (QED) is 0.730. The number of hydrogen-bond donors (Lipinski definition) is 3. The molecule has 0 bridgehead atoms. The second-order valence-corrected chi connectivity index (χ2v) is 4.37. The van der Waals surface area contributed by atoms with Gasteiger partial charge in [-0.05, 0) is 18.4 Å². The van der Waals surface area contributed by atoms with Crippen molar-refractivity contribution >= 4 is 17.5 Å². The molecule has 0 saturated carbocycles. The van der Waals surface area contributed by atoms with Crippen LogP contribution in [0, 0.1) is 5.92 Å². The average Bonchev–Trinajstić information content (AvgIpc) is 2.26. The van der Waals surface area contributed by atoms with Crippen LogP contribution in [0.5, 0.6) is 0 Å². The number of nitrogens with zero attached hydrogens (tertiary/aromatic N) is 1. The Bertz CT molecular complexity index is 405. The molecule has 0 fully saturated rings. The Morgan fingerprint density at radius 3 is 2.65 bits per heavy atom. The molecule has 1 rings (SSSR count). The fraction of sp³-hybridized carbons (Fsp3) is 0.500. The molecule has 1 aromatic rings. The zero-order chi connectivity index (χ0) is 13.0. The SMILES string of the molecule is CCC(Nc1ncc(C(=O)O)cc1N)C(C)C. The molecular formula is C12H19N3O2. The van der Waals surface area contributed by atoms with Gasteiger partial charge in [0.2, 0.25) is 0 Å². The van der Waals surface area contributed by atoms with Crippen LogP contribution >= 0.6 is 0 Å². The lowest BCUT2D eigenvalue weighted by atomic mass is 10.0. The Balaban J connectivity index is 2.89. The van der Waals surface area contributed by atoms with Gasteiger partial charge in [-0.1, -0.05) is 20.8 Å². The second-order valence-electron chi connectivity index (χ2n) is 4.37. The molecule has 1 atom stereocenters. The van der Waals surface area contributed by atoms with Crippen molar-refractivity contribution in [3.8, 4) is 0 Å². The molecule has 1 unspecified atom stereocenters. The van der Waals surface area contributed by atoms with Gasteiger partial charge in [-0.2, -0.15) is 0 Å². The van der Waals surface area contributed by atoms with E-state index in [1.165, 1.54) is 12.3 Å². The van der Waals surface area contributed by atoms with Gasteiger partial charge in [0.1, 0.15) is 5.82 Å². The minimum atomic E-state index is -1.02. The third-order valence-electron chi connectivity index (χ3n) is 2.73. The van der Waals surface area contributed by atoms with Gasteiger partial charge >= 0.3 is 5.97 Å². The van der Waals surface area contributed by atoms with E-state index in [0.717, 1.165) is 6.42 Å². The van der Waals surface area contributed by atoms with Crippen molar-refractivity contribution in [3.05, 3.63) is 17.8 Å². The molecule has 0 amide bonds. The second kappa shape index (κ2) is 5.52. The van der Waals surface area contributed by atoms with E-state index >= 15 is 0 Å². The van der Waals surface area contributed by atoms with Crippen LogP contribution < -0.4 is 11.1 Å². The van der Waals surface area contributed by atoms with E-state index in [4.69, 9.17) is 10.8 Å². The molecule has 0 aliphatic heterocycles. The van der Waals surface area contributed by atoms with Crippen LogP contribution in [-0.2, 0) is 0 Å². The van der Waals surface area contributed by atoms with Crippen LogP contribution in [0.3, 0.4) is 0 Å². The van der Waals surface area contributed by atoms with E-state index < -0.39 is 5.97 Å². The molecule has 4 N–H and O–H groups in total. The number of nitrogen functional groups attached to an aromatic ring is 1. The number of rotatable bonds is 5. The number of pyridine rings is 1. The van der Waals surface area contributed by atoms with E-state index in [2.05, 4.69) is 31.1 Å². The first-order valence-corrected chi connectivity index (χ1v) is 5.71. The monoisotopic (exact) mass is 237 g/mol. The summed E-state index contributed by atoms with van der Waals surface area (Å²) in [4.78, 5) is 14.8. The van der Waals surface area contributed by atoms with Crippen molar-refractivity contribution in [1.82, 2.24) is 4.98 Å². The van der Waals surface area contributed by atoms with Crippen LogP contribution in [0.2, 0.25) is 0 Å². The number of anilines is 2. The summed E-state index contributed by atoms with van der Waals surface area (Å²) in [6, 6.07) is 1.70. The summed E-state index contributed by atoms with van der Waals surface area (Å²) in [6.07, 6.45) is 2.27. The van der Waals surface area contributed by atoms with E-state index in [-0.39, 0.29) is 11.6 Å². The van der Waals surface area contributed by atoms with Gasteiger partial charge in [0.15, 0.2) is 0 Å². The molecule has 0 spiro atoms. The summed E-state index contributed by atoms with van der Waals surface area (Å²) in [5.74, 6) is -0.0115. The normalized spacial score (nSPS) is 12.5. The van der Waals surface area contributed by atoms with Crippen molar-refractivity contribution in [3.63, 3.8) is 0 Å². The van der Waals surface area contributed by atoms with Gasteiger partial charge in [0.05, 0.1) is 11.3 Å². The number of carboxylic acids is 1. The zero-order valence-corrected chi connectivity index (χ0v) is 10.4. The highest BCUT2D eigenvalue weighted by Crippen LogP contribution is 2.20. The number of hydrogen-bond acceptors (Lipinski definition) is 4. The van der Waals surface area contributed by atoms with Gasteiger partial charge in [-0.3, -0.25) is 0 Å². The highest BCUT2D eigenvalue weighted by molar-refractivity contribution is 5.89. The smallest absolute Gasteiger partial charge is 0.337 e. The highest BCUT2D eigenvalue weighted by atomic mass is 16.4. The fourth-order valence-electron chi connectivity index (χ4n) is 1.64. The van der Waals surface area contributed by atoms with Crippen molar-refractivity contribution in [2.45, 2.75) is 33.2 Å². The first-order chi connectivity index (χ1) is 7.95. The van der Waals surface area contributed by atoms with Crippen LogP contribution in [-0.4, -0.2) is 22.1 Å². The van der Waals surface area contributed by atoms with Crippen LogP contribution in [0.4, 0.5) is 11.5 Å². The Kier molecular flexibility index (Phi) is 4.31. The Morgan fingerprint density at radius 1 is 1.59 bits per heavy atom. The molecule has 1 aromatic heterocycles. The molecule has 5 nitrogen and oxygen atoms in total. The molecule has 0 saturated heterocycles. The molecule has 0 radical (unpaired) electrons. The van der Waals surface area contributed by atoms with Crippen LogP contribution in [0.1, 0.15) is 37.6 Å². The molecule has 17 heavy (non-hydrogen) atoms. The number of carbonyl (C=O) groups is 1. The maximum atomic E-state index is 10.7. The predicted octanol–water partition coefficient (Wildman–Crippen LogP) is 2.21. The van der Waals surface area contributed by atoms with Gasteiger partial charge in [0, 0.05) is 12.2 Å². The number of nitrogens with two attached hydrogens (primary N) is 1. The summed E-state index contributed by atoms with van der Waals surface area (Å²) < 4.78 is 0. The first-order valence-electron chi connectivity index (χ1n) is 5.71. The summed E-state index contributed by atoms with van der Waals surface area (Å²) in [7, 11) is 0. The van der Waals surface area contributed by atoms with Crippen LogP contribution in [0.25, 0.3) is 0 Å². The lowest BCUT2D eigenvalue weighted by Crippen LogP contribution is -2.25. The fourth-order valence-corrected chi connectivity index (χ4v) is 1.64. The number of nitrogens with one attached hydrogen (secondary N) is 1. The van der Waals surface area contributed by atoms with Crippen LogP contribution in [0.15, 0.2) is 12.3 Å². The van der Waals surface area contributed by atoms with Gasteiger partial charge in [-0.25, -0.2) is 9.78 Å². The third kappa shape index (κ3) is 3.34. The molecule has 1 heterocycles. The maximum Gasteiger partial charge on any atom is 0.337 e. The van der Waals surface area contributed by atoms with Crippen molar-refractivity contribution in [2.24, 2.45) is 5.92 Å².